The number of hydrogen-bond acceptors (Lipinski definition) is 12. The fourth-order valence-corrected chi connectivity index (χ4v) is 17.2. The summed E-state index contributed by atoms with van der Waals surface area (Å²) in [6.07, 6.45) is 22.4. The lowest BCUT2D eigenvalue weighted by Gasteiger charge is -2.45. The first-order valence-corrected chi connectivity index (χ1v) is 33.5. The predicted octanol–water partition coefficient (Wildman–Crippen LogP) is 7.23. The molecule has 3 saturated carbocycles. The van der Waals surface area contributed by atoms with E-state index in [4.69, 9.17) is 14.2 Å². The minimum absolute atomic E-state index is 0.0128. The fourth-order valence-electron chi connectivity index (χ4n) is 17.2. The molecule has 9 amide bonds. The van der Waals surface area contributed by atoms with Crippen LogP contribution in [0.15, 0.2) is 0 Å². The Morgan fingerprint density at radius 1 is 0.402 bits per heavy atom. The molecule has 0 aromatic rings. The van der Waals surface area contributed by atoms with Gasteiger partial charge in [-0.1, -0.05) is 56.3 Å². The molecule has 9 atom stereocenters. The molecule has 12 fully saturated rings. The number of nitrogens with one attached hydrogen (secondary N) is 3. The molecule has 0 aromatic carbocycles. The average molecular weight is 1210 g/mol. The van der Waals surface area contributed by atoms with Gasteiger partial charge in [0.1, 0.15) is 0 Å². The molecule has 12 aliphatic rings. The zero-order chi connectivity index (χ0) is 61.3. The van der Waals surface area contributed by atoms with Crippen molar-refractivity contribution >= 4 is 36.4 Å². The molecular weight excluding hydrogens is 1100 g/mol. The van der Waals surface area contributed by atoms with Crippen molar-refractivity contribution < 1.29 is 43.0 Å². The molecule has 9 aliphatic heterocycles. The van der Waals surface area contributed by atoms with E-state index in [9.17, 15) is 28.8 Å². The number of piperidine rings is 3. The lowest BCUT2D eigenvalue weighted by molar-refractivity contribution is 0.0429. The van der Waals surface area contributed by atoms with Crippen LogP contribution in [0.2, 0.25) is 0 Å². The van der Waals surface area contributed by atoms with E-state index in [-0.39, 0.29) is 72.8 Å². The number of amides is 9. The van der Waals surface area contributed by atoms with Gasteiger partial charge in [-0.15, -0.1) is 17.8 Å². The van der Waals surface area contributed by atoms with Gasteiger partial charge in [0.05, 0.1) is 36.3 Å². The Balaban J connectivity index is 0.000000144. The van der Waals surface area contributed by atoms with Gasteiger partial charge in [0.2, 0.25) is 0 Å². The summed E-state index contributed by atoms with van der Waals surface area (Å²) in [5.41, 5.74) is -0.0385. The fraction of sp³-hybridized carbons (Fsp3) is 0.818. The van der Waals surface area contributed by atoms with Crippen LogP contribution in [0.3, 0.4) is 0 Å². The van der Waals surface area contributed by atoms with Gasteiger partial charge < -0.3 is 59.6 Å². The summed E-state index contributed by atoms with van der Waals surface area (Å²) in [6.45, 7) is 22.6. The highest BCUT2D eigenvalue weighted by Gasteiger charge is 2.51. The number of carbonyl (C=O) groups is 6. The summed E-state index contributed by atoms with van der Waals surface area (Å²) in [5.74, 6) is 16.6. The summed E-state index contributed by atoms with van der Waals surface area (Å²) >= 11 is 0. The first kappa shape index (κ1) is 64.2. The second kappa shape index (κ2) is 28.8. The Hall–Kier alpha value is -5.82. The van der Waals surface area contributed by atoms with Gasteiger partial charge in [0, 0.05) is 113 Å². The highest BCUT2D eigenvalue weighted by atomic mass is 16.6. The Morgan fingerprint density at radius 3 is 0.908 bits per heavy atom. The third-order valence-electron chi connectivity index (χ3n) is 22.2. The number of likely N-dealkylation sites (tertiary alicyclic amines) is 6. The maximum Gasteiger partial charge on any atom is 0.410 e. The molecule has 3 aliphatic carbocycles. The van der Waals surface area contributed by atoms with Gasteiger partial charge in [-0.2, -0.15) is 0 Å². The van der Waals surface area contributed by atoms with Gasteiger partial charge in [-0.05, 0) is 138 Å². The third kappa shape index (κ3) is 14.6. The molecule has 21 heteroatoms. The summed E-state index contributed by atoms with van der Waals surface area (Å²) < 4.78 is 15.7. The van der Waals surface area contributed by atoms with Crippen LogP contribution in [0.1, 0.15) is 176 Å². The molecule has 0 spiro atoms. The Kier molecular flexibility index (Phi) is 21.2. The molecule has 480 valence electrons. The van der Waals surface area contributed by atoms with Crippen molar-refractivity contribution in [3.8, 4) is 35.5 Å². The molecule has 3 unspecified atom stereocenters. The van der Waals surface area contributed by atoms with Gasteiger partial charge in [-0.3, -0.25) is 14.7 Å². The van der Waals surface area contributed by atoms with E-state index < -0.39 is 0 Å². The van der Waals surface area contributed by atoms with E-state index in [0.717, 1.165) is 155 Å². The first-order valence-electron chi connectivity index (χ1n) is 33.5. The van der Waals surface area contributed by atoms with Crippen molar-refractivity contribution in [3.05, 3.63) is 0 Å². The maximum absolute atomic E-state index is 12.6. The number of urea groups is 3. The molecule has 3 N–H and O–H groups in total. The Morgan fingerprint density at radius 2 is 0.655 bits per heavy atom. The number of carbonyl (C=O) groups excluding carboxylic acids is 6. The number of ether oxygens (including phenoxy) is 3. The molecule has 0 radical (unpaired) electrons. The van der Waals surface area contributed by atoms with Gasteiger partial charge >= 0.3 is 36.4 Å². The number of nitrogens with zero attached hydrogens (tertiary/aromatic N) is 9. The lowest BCUT2D eigenvalue weighted by Crippen LogP contribution is -2.56. The van der Waals surface area contributed by atoms with Crippen LogP contribution in [-0.2, 0) is 14.2 Å². The molecule has 21 nitrogen and oxygen atoms in total. The monoisotopic (exact) mass is 1210 g/mol. The summed E-state index contributed by atoms with van der Waals surface area (Å²) in [4.78, 5) is 94.1. The Labute approximate surface area is 518 Å². The van der Waals surface area contributed by atoms with Crippen molar-refractivity contribution in [1.82, 2.24) is 60.0 Å². The highest BCUT2D eigenvalue weighted by Crippen LogP contribution is 2.40. The molecule has 0 bridgehead atoms. The van der Waals surface area contributed by atoms with E-state index in [1.54, 1.807) is 20.8 Å². The standard InChI is InChI=1S/3C22H34N4O3/c3*1-3-4-15-29-21(28)24-14-11-22(2,16-24)25-12-9-17(10-13-25)26-19-8-6-5-7-18(19)23-20(26)27/h3*17-19H,5-16H2,1-2H3,(H,23,27)/t3*18-,19-,22?/m000/s1. The second-order valence-corrected chi connectivity index (χ2v) is 27.5. The van der Waals surface area contributed by atoms with Crippen molar-refractivity contribution in [1.29, 1.82) is 0 Å². The van der Waals surface area contributed by atoms with E-state index in [0.29, 0.717) is 74.0 Å². The van der Waals surface area contributed by atoms with Gasteiger partial charge in [0.15, 0.2) is 19.8 Å². The summed E-state index contributed by atoms with van der Waals surface area (Å²) in [5, 5.41) is 9.67. The first-order chi connectivity index (χ1) is 42.0. The summed E-state index contributed by atoms with van der Waals surface area (Å²) in [7, 11) is 0. The quantitative estimate of drug-likeness (QED) is 0.155. The Bertz CT molecular complexity index is 2360. The third-order valence-corrected chi connectivity index (χ3v) is 22.2. The highest BCUT2D eigenvalue weighted by molar-refractivity contribution is 5.79. The second-order valence-electron chi connectivity index (χ2n) is 27.5. The molecule has 12 rings (SSSR count). The molecule has 87 heavy (non-hydrogen) atoms. The smallest absolute Gasteiger partial charge is 0.410 e. The predicted molar refractivity (Wildman–Crippen MR) is 331 cm³/mol. The van der Waals surface area contributed by atoms with Crippen LogP contribution in [0.5, 0.6) is 0 Å². The normalized spacial score (nSPS) is 33.1. The molecule has 9 heterocycles. The maximum atomic E-state index is 12.6. The van der Waals surface area contributed by atoms with Crippen LogP contribution in [0.25, 0.3) is 0 Å². The van der Waals surface area contributed by atoms with E-state index in [1.165, 1.54) is 38.5 Å². The average Bonchev–Trinajstić information content (AvgIpc) is 2.18. The minimum Gasteiger partial charge on any atom is -0.436 e. The van der Waals surface area contributed by atoms with Crippen molar-refractivity contribution in [3.63, 3.8) is 0 Å². The zero-order valence-corrected chi connectivity index (χ0v) is 53.4. The minimum atomic E-state index is -0.261. The van der Waals surface area contributed by atoms with Gasteiger partial charge in [0.25, 0.3) is 0 Å². The van der Waals surface area contributed by atoms with Crippen LogP contribution >= 0.6 is 0 Å². The molecular formula is C66H102N12O9. The zero-order valence-electron chi connectivity index (χ0n) is 53.4. The van der Waals surface area contributed by atoms with Crippen LogP contribution in [-0.4, -0.2) is 250 Å². The van der Waals surface area contributed by atoms with E-state index >= 15 is 0 Å². The largest absolute Gasteiger partial charge is 0.436 e. The van der Waals surface area contributed by atoms with Crippen LogP contribution in [0, 0.1) is 35.5 Å². The molecule has 0 aromatic heterocycles. The van der Waals surface area contributed by atoms with Crippen LogP contribution in [0.4, 0.5) is 28.8 Å². The van der Waals surface area contributed by atoms with Gasteiger partial charge in [-0.25, -0.2) is 28.8 Å². The van der Waals surface area contributed by atoms with E-state index in [1.807, 2.05) is 14.7 Å². The number of rotatable bonds is 9. The SMILES string of the molecule is CC#CCOC(=O)N1CCC(C)(N2CCC(N3C(=O)N[C@H]4CCCC[C@@H]43)CC2)C1.CC#CCOC(=O)N1CCC(C)(N2CCC(N3C(=O)N[C@H]4CCCC[C@@H]43)CC2)C1.CC#CCOC(=O)N1CCC(C)(N2CCC(N3C(=O)N[C@H]4CCCC[C@@H]43)CC2)C1. The molecule has 9 saturated heterocycles. The lowest BCUT2D eigenvalue weighted by atomic mass is 9.88. The van der Waals surface area contributed by atoms with Crippen molar-refractivity contribution in [2.45, 2.75) is 247 Å². The summed E-state index contributed by atoms with van der Waals surface area (Å²) in [6, 6.07) is 3.75. The van der Waals surface area contributed by atoms with Crippen molar-refractivity contribution in [2.24, 2.45) is 0 Å². The topological polar surface area (TPSA) is 195 Å². The van der Waals surface area contributed by atoms with Crippen LogP contribution < -0.4 is 16.0 Å². The number of hydrogen-bond donors (Lipinski definition) is 3. The number of fused-ring (bicyclic) bond motifs is 3. The van der Waals surface area contributed by atoms with Crippen molar-refractivity contribution in [2.75, 3.05) is 98.4 Å². The van der Waals surface area contributed by atoms with E-state index in [2.05, 4.69) is 102 Å².